The Kier molecular flexibility index (Phi) is 4.29. The summed E-state index contributed by atoms with van der Waals surface area (Å²) in [6.07, 6.45) is -7.55. The van der Waals surface area contributed by atoms with Gasteiger partial charge in [-0.15, -0.1) is 0 Å². The van der Waals surface area contributed by atoms with Crippen molar-refractivity contribution in [3.05, 3.63) is 35.9 Å². The minimum Gasteiger partial charge on any atom is -0.364 e. The molecule has 1 fully saturated rings. The van der Waals surface area contributed by atoms with Gasteiger partial charge in [0.2, 0.25) is 11.6 Å². The summed E-state index contributed by atoms with van der Waals surface area (Å²) in [7, 11) is 0. The van der Waals surface area contributed by atoms with Gasteiger partial charge in [0.1, 0.15) is 0 Å². The number of carbonyl (C=O) groups excluding carboxylic acids is 1. The molecule has 2 aliphatic rings. The van der Waals surface area contributed by atoms with Crippen molar-refractivity contribution in [2.75, 3.05) is 0 Å². The van der Waals surface area contributed by atoms with Crippen LogP contribution in [0, 0.1) is 5.92 Å². The summed E-state index contributed by atoms with van der Waals surface area (Å²) in [6, 6.07) is 7.12. The second-order valence-electron chi connectivity index (χ2n) is 6.48. The Bertz CT molecular complexity index is 775. The van der Waals surface area contributed by atoms with E-state index in [1.807, 2.05) is 0 Å². The van der Waals surface area contributed by atoms with E-state index < -0.39 is 47.7 Å². The minimum atomic E-state index is -6.64. The molecule has 1 N–H and O–H groups in total. The van der Waals surface area contributed by atoms with Gasteiger partial charge < -0.3 is 5.11 Å². The molecule has 0 bridgehead atoms. The standard InChI is InChI=1S/C16H13F7N2O2/c17-14(18,15(19,20)16(21,22)23)13(27)8-11(9-4-2-1-3-5-9)24-25(13)12(26)10-6-7-10/h1-5,10,27H,6-8H2. The molecule has 1 unspecified atom stereocenters. The number of hydrogen-bond acceptors (Lipinski definition) is 3. The third-order valence-corrected chi connectivity index (χ3v) is 4.48. The van der Waals surface area contributed by atoms with Crippen molar-refractivity contribution in [1.29, 1.82) is 0 Å². The monoisotopic (exact) mass is 398 g/mol. The van der Waals surface area contributed by atoms with Crippen LogP contribution in [0.3, 0.4) is 0 Å². The average Bonchev–Trinajstić information content (AvgIpc) is 3.36. The van der Waals surface area contributed by atoms with Crippen LogP contribution in [0.25, 0.3) is 0 Å². The predicted octanol–water partition coefficient (Wildman–Crippen LogP) is 3.55. The van der Waals surface area contributed by atoms with E-state index in [2.05, 4.69) is 5.10 Å². The van der Waals surface area contributed by atoms with Gasteiger partial charge >= 0.3 is 18.0 Å². The van der Waals surface area contributed by atoms with Gasteiger partial charge in [0.15, 0.2) is 0 Å². The molecule has 3 rings (SSSR count). The summed E-state index contributed by atoms with van der Waals surface area (Å²) in [5.74, 6) is -14.7. The lowest BCUT2D eigenvalue weighted by atomic mass is 9.91. The zero-order valence-electron chi connectivity index (χ0n) is 13.5. The van der Waals surface area contributed by atoms with Crippen LogP contribution in [-0.4, -0.2) is 45.5 Å². The quantitative estimate of drug-likeness (QED) is 0.789. The van der Waals surface area contributed by atoms with E-state index in [9.17, 15) is 40.6 Å². The van der Waals surface area contributed by atoms with E-state index in [1.54, 1.807) is 6.07 Å². The molecule has 1 atom stereocenters. The number of nitrogens with zero attached hydrogens (tertiary/aromatic N) is 2. The molecule has 4 nitrogen and oxygen atoms in total. The number of alkyl halides is 7. The van der Waals surface area contributed by atoms with Crippen LogP contribution in [0.15, 0.2) is 35.4 Å². The van der Waals surface area contributed by atoms with Crippen molar-refractivity contribution in [2.45, 2.75) is 43.0 Å². The number of halogens is 7. The van der Waals surface area contributed by atoms with E-state index in [1.165, 1.54) is 24.3 Å². The zero-order valence-corrected chi connectivity index (χ0v) is 13.5. The maximum atomic E-state index is 14.4. The molecule has 0 saturated heterocycles. The van der Waals surface area contributed by atoms with Crippen LogP contribution >= 0.6 is 0 Å². The molecule has 0 aromatic heterocycles. The zero-order chi connectivity index (χ0) is 20.3. The van der Waals surface area contributed by atoms with Crippen molar-refractivity contribution in [3.8, 4) is 0 Å². The van der Waals surface area contributed by atoms with Crippen molar-refractivity contribution < 1.29 is 40.6 Å². The number of hydrazone groups is 1. The highest BCUT2D eigenvalue weighted by molar-refractivity contribution is 6.03. The fourth-order valence-electron chi connectivity index (χ4n) is 2.75. The highest BCUT2D eigenvalue weighted by atomic mass is 19.4. The van der Waals surface area contributed by atoms with Crippen molar-refractivity contribution >= 4 is 11.6 Å². The molecule has 1 aliphatic carbocycles. The second-order valence-corrected chi connectivity index (χ2v) is 6.48. The topological polar surface area (TPSA) is 52.9 Å². The molecular weight excluding hydrogens is 385 g/mol. The van der Waals surface area contributed by atoms with Gasteiger partial charge in [0.05, 0.1) is 5.71 Å². The Morgan fingerprint density at radius 2 is 1.63 bits per heavy atom. The smallest absolute Gasteiger partial charge is 0.364 e. The molecule has 1 aromatic carbocycles. The van der Waals surface area contributed by atoms with Crippen molar-refractivity contribution in [1.82, 2.24) is 5.01 Å². The van der Waals surface area contributed by atoms with Gasteiger partial charge in [-0.05, 0) is 18.4 Å². The maximum Gasteiger partial charge on any atom is 0.460 e. The first kappa shape index (κ1) is 19.6. The fourth-order valence-corrected chi connectivity index (χ4v) is 2.75. The van der Waals surface area contributed by atoms with Gasteiger partial charge in [0, 0.05) is 12.3 Å². The first-order valence-electron chi connectivity index (χ1n) is 7.84. The highest BCUT2D eigenvalue weighted by Gasteiger charge is 2.82. The van der Waals surface area contributed by atoms with Crippen LogP contribution in [0.4, 0.5) is 30.7 Å². The SMILES string of the molecule is O=C(C1CC1)N1N=C(c2ccccc2)CC1(O)C(F)(F)C(F)(F)C(F)(F)F. The molecule has 0 radical (unpaired) electrons. The summed E-state index contributed by atoms with van der Waals surface area (Å²) in [6.45, 7) is 0. The lowest BCUT2D eigenvalue weighted by molar-refractivity contribution is -0.401. The van der Waals surface area contributed by atoms with E-state index in [0.717, 1.165) is 0 Å². The molecule has 11 heteroatoms. The second kappa shape index (κ2) is 5.91. The molecule has 1 heterocycles. The number of hydrogen-bond donors (Lipinski definition) is 1. The number of benzene rings is 1. The van der Waals surface area contributed by atoms with Crippen LogP contribution in [0.1, 0.15) is 24.8 Å². The summed E-state index contributed by atoms with van der Waals surface area (Å²) in [4.78, 5) is 12.2. The third kappa shape index (κ3) is 2.88. The number of amides is 1. The van der Waals surface area contributed by atoms with Gasteiger partial charge in [-0.3, -0.25) is 4.79 Å². The molecule has 1 amide bonds. The Hall–Kier alpha value is -2.17. The highest BCUT2D eigenvalue weighted by Crippen LogP contribution is 2.55. The van der Waals surface area contributed by atoms with Crippen molar-refractivity contribution in [2.24, 2.45) is 11.0 Å². The fraction of sp³-hybridized carbons (Fsp3) is 0.500. The predicted molar refractivity (Wildman–Crippen MR) is 78.1 cm³/mol. The molecule has 1 aromatic rings. The van der Waals surface area contributed by atoms with Gasteiger partial charge in [-0.2, -0.15) is 40.8 Å². The van der Waals surface area contributed by atoms with Crippen molar-refractivity contribution in [3.63, 3.8) is 0 Å². The first-order chi connectivity index (χ1) is 12.3. The number of aliphatic hydroxyl groups is 1. The molecule has 0 spiro atoms. The van der Waals surface area contributed by atoms with Crippen LogP contribution in [0.2, 0.25) is 0 Å². The van der Waals surface area contributed by atoms with E-state index in [0.29, 0.717) is 0 Å². The average molecular weight is 398 g/mol. The molecule has 1 saturated carbocycles. The van der Waals surface area contributed by atoms with Gasteiger partial charge in [0.25, 0.3) is 0 Å². The normalized spacial score (nSPS) is 24.1. The van der Waals surface area contributed by atoms with Crippen LogP contribution in [-0.2, 0) is 4.79 Å². The Balaban J connectivity index is 2.07. The Morgan fingerprint density at radius 1 is 1.07 bits per heavy atom. The maximum absolute atomic E-state index is 14.4. The van der Waals surface area contributed by atoms with Gasteiger partial charge in [-0.25, -0.2) is 0 Å². The lowest BCUT2D eigenvalue weighted by Crippen LogP contribution is -2.69. The summed E-state index contributed by atoms with van der Waals surface area (Å²) in [5.41, 5.74) is -4.45. The van der Waals surface area contributed by atoms with E-state index in [-0.39, 0.29) is 23.4 Å². The van der Waals surface area contributed by atoms with Crippen LogP contribution in [0.5, 0.6) is 0 Å². The third-order valence-electron chi connectivity index (χ3n) is 4.48. The summed E-state index contributed by atoms with van der Waals surface area (Å²) < 4.78 is 93.7. The first-order valence-corrected chi connectivity index (χ1v) is 7.84. The number of rotatable bonds is 4. The van der Waals surface area contributed by atoms with E-state index >= 15 is 0 Å². The number of carbonyl (C=O) groups is 1. The Morgan fingerprint density at radius 3 is 2.11 bits per heavy atom. The largest absolute Gasteiger partial charge is 0.460 e. The molecule has 27 heavy (non-hydrogen) atoms. The molecule has 1 aliphatic heterocycles. The Labute approximate surface area is 148 Å². The van der Waals surface area contributed by atoms with E-state index in [4.69, 9.17) is 0 Å². The van der Waals surface area contributed by atoms with Crippen LogP contribution < -0.4 is 0 Å². The summed E-state index contributed by atoms with van der Waals surface area (Å²) in [5, 5.41) is 13.5. The van der Waals surface area contributed by atoms with Gasteiger partial charge in [-0.1, -0.05) is 30.3 Å². The molecular formula is C16H13F7N2O2. The summed E-state index contributed by atoms with van der Waals surface area (Å²) >= 11 is 0. The molecule has 148 valence electrons. The lowest BCUT2D eigenvalue weighted by Gasteiger charge is -2.41. The minimum absolute atomic E-state index is 0.105.